The van der Waals surface area contributed by atoms with Gasteiger partial charge < -0.3 is 10.4 Å². The van der Waals surface area contributed by atoms with Crippen molar-refractivity contribution in [3.63, 3.8) is 0 Å². The van der Waals surface area contributed by atoms with Gasteiger partial charge in [-0.1, -0.05) is 30.4 Å². The van der Waals surface area contributed by atoms with Gasteiger partial charge in [-0.25, -0.2) is 9.18 Å². The molecule has 0 bridgehead atoms. The van der Waals surface area contributed by atoms with Crippen molar-refractivity contribution in [2.75, 3.05) is 26.2 Å². The molecular weight excluding hydrogens is 500 g/mol. The molecule has 2 aliphatic carbocycles. The first-order valence-electron chi connectivity index (χ1n) is 12.4. The summed E-state index contributed by atoms with van der Waals surface area (Å²) in [4.78, 5) is 16.8. The molecule has 1 aliphatic heterocycles. The van der Waals surface area contributed by atoms with E-state index in [0.29, 0.717) is 49.8 Å². The van der Waals surface area contributed by atoms with Crippen molar-refractivity contribution in [2.45, 2.75) is 37.5 Å². The van der Waals surface area contributed by atoms with Crippen LogP contribution in [0.2, 0.25) is 0 Å². The molecule has 1 heterocycles. The number of nitrogens with one attached hydrogen (secondary N) is 1. The van der Waals surface area contributed by atoms with E-state index in [9.17, 15) is 32.7 Å². The number of aliphatic hydroxyl groups excluding tert-OH is 1. The number of allylic oxidation sites excluding steroid dienone is 8. The lowest BCUT2D eigenvalue weighted by atomic mass is 9.90. The molecule has 200 valence electrons. The van der Waals surface area contributed by atoms with Crippen LogP contribution in [0, 0.1) is 11.3 Å². The van der Waals surface area contributed by atoms with Gasteiger partial charge in [-0.3, -0.25) is 9.80 Å². The number of aliphatic hydroxyl groups is 1. The predicted molar refractivity (Wildman–Crippen MR) is 134 cm³/mol. The molecule has 1 fully saturated rings. The van der Waals surface area contributed by atoms with Crippen LogP contribution in [-0.2, 0) is 0 Å². The lowest BCUT2D eigenvalue weighted by Crippen LogP contribution is -2.42. The average molecular weight is 529 g/mol. The van der Waals surface area contributed by atoms with Gasteiger partial charge in [-0.2, -0.15) is 18.4 Å². The SMILES string of the molecule is N#Cc1cccc(C2C=CC(N(CCN3CCC(O)C3)C(=O)NC3=CC(F)=C(C(F)(F)F)CC=C3)=CC2)c1. The summed E-state index contributed by atoms with van der Waals surface area (Å²) in [5, 5.41) is 21.6. The van der Waals surface area contributed by atoms with Gasteiger partial charge in [-0.15, -0.1) is 0 Å². The molecule has 3 aliphatic rings. The third kappa shape index (κ3) is 6.79. The molecule has 1 saturated heterocycles. The molecule has 0 aromatic heterocycles. The highest BCUT2D eigenvalue weighted by Crippen LogP contribution is 2.34. The minimum absolute atomic E-state index is 0.0122. The third-order valence-corrected chi connectivity index (χ3v) is 6.75. The van der Waals surface area contributed by atoms with Gasteiger partial charge in [0.2, 0.25) is 0 Å². The summed E-state index contributed by atoms with van der Waals surface area (Å²) >= 11 is 0. The highest BCUT2D eigenvalue weighted by Gasteiger charge is 2.36. The maximum absolute atomic E-state index is 14.3. The van der Waals surface area contributed by atoms with Crippen molar-refractivity contribution in [3.8, 4) is 6.07 Å². The molecule has 4 rings (SSSR count). The Labute approximate surface area is 218 Å². The summed E-state index contributed by atoms with van der Waals surface area (Å²) in [6, 6.07) is 8.81. The number of β-amino-alcohol motifs (C(OH)–C–C–N with tert-alkyl or cyclic N) is 1. The number of halogens is 4. The van der Waals surface area contributed by atoms with Crippen molar-refractivity contribution >= 4 is 6.03 Å². The molecule has 2 N–H and O–H groups in total. The Balaban J connectivity index is 1.52. The number of rotatable bonds is 6. The summed E-state index contributed by atoms with van der Waals surface area (Å²) in [6.45, 7) is 1.91. The fraction of sp³-hybridized carbons (Fsp3) is 0.357. The minimum Gasteiger partial charge on any atom is -0.392 e. The normalized spacial score (nSPS) is 22.0. The number of likely N-dealkylation sites (tertiary alicyclic amines) is 1. The molecule has 6 nitrogen and oxygen atoms in total. The smallest absolute Gasteiger partial charge is 0.392 e. The van der Waals surface area contributed by atoms with E-state index in [0.717, 1.165) is 11.6 Å². The van der Waals surface area contributed by atoms with Crippen LogP contribution in [0.25, 0.3) is 0 Å². The summed E-state index contributed by atoms with van der Waals surface area (Å²) in [6.07, 6.45) is 4.09. The highest BCUT2D eigenvalue weighted by atomic mass is 19.4. The van der Waals surface area contributed by atoms with Gasteiger partial charge in [0.1, 0.15) is 5.83 Å². The van der Waals surface area contributed by atoms with E-state index in [4.69, 9.17) is 0 Å². The van der Waals surface area contributed by atoms with Gasteiger partial charge in [-0.05, 0) is 55.2 Å². The Morgan fingerprint density at radius 3 is 2.76 bits per heavy atom. The van der Waals surface area contributed by atoms with E-state index in [2.05, 4.69) is 11.4 Å². The molecule has 0 spiro atoms. The van der Waals surface area contributed by atoms with Crippen molar-refractivity contribution in [1.29, 1.82) is 5.26 Å². The monoisotopic (exact) mass is 528 g/mol. The van der Waals surface area contributed by atoms with Crippen LogP contribution < -0.4 is 5.32 Å². The van der Waals surface area contributed by atoms with Crippen LogP contribution in [0.3, 0.4) is 0 Å². The first-order chi connectivity index (χ1) is 18.1. The van der Waals surface area contributed by atoms with Gasteiger partial charge >= 0.3 is 12.2 Å². The van der Waals surface area contributed by atoms with Crippen LogP contribution in [0.15, 0.2) is 83.5 Å². The fourth-order valence-electron chi connectivity index (χ4n) is 4.69. The lowest BCUT2D eigenvalue weighted by Gasteiger charge is -2.29. The summed E-state index contributed by atoms with van der Waals surface area (Å²) in [5.41, 5.74) is 0.736. The van der Waals surface area contributed by atoms with Gasteiger partial charge in [0.15, 0.2) is 0 Å². The first kappa shape index (κ1) is 27.4. The van der Waals surface area contributed by atoms with E-state index in [-0.39, 0.29) is 18.2 Å². The second-order valence-electron chi connectivity index (χ2n) is 9.42. The molecule has 2 amide bonds. The molecule has 38 heavy (non-hydrogen) atoms. The quantitative estimate of drug-likeness (QED) is 0.498. The summed E-state index contributed by atoms with van der Waals surface area (Å²) < 4.78 is 53.6. The molecular formula is C28H28F4N4O2. The first-order valence-corrected chi connectivity index (χ1v) is 12.4. The number of carbonyl (C=O) groups is 1. The molecule has 1 aromatic rings. The standard InChI is InChI=1S/C28H28F4N4O2/c29-26-16-22(5-2-6-25(26)28(30,31)32)34-27(38)36(14-13-35-12-11-24(37)18-35)23-9-7-20(8-10-23)21-4-1-3-19(15-21)17-33/h1-5,7,9-10,15-16,20,24,37H,6,8,11-14,18H2,(H,34,38). The van der Waals surface area contributed by atoms with Crippen molar-refractivity contribution in [1.82, 2.24) is 15.1 Å². The van der Waals surface area contributed by atoms with Crippen LogP contribution >= 0.6 is 0 Å². The topological polar surface area (TPSA) is 79.6 Å². The number of carbonyl (C=O) groups excluding carboxylic acids is 1. The molecule has 10 heteroatoms. The molecule has 0 radical (unpaired) electrons. The number of nitriles is 1. The van der Waals surface area contributed by atoms with Crippen LogP contribution in [0.1, 0.15) is 36.3 Å². The van der Waals surface area contributed by atoms with Crippen molar-refractivity contribution < 1.29 is 27.5 Å². The number of amides is 2. The van der Waals surface area contributed by atoms with E-state index < -0.39 is 36.1 Å². The van der Waals surface area contributed by atoms with Crippen LogP contribution in [0.4, 0.5) is 22.4 Å². The van der Waals surface area contributed by atoms with E-state index >= 15 is 0 Å². The largest absolute Gasteiger partial charge is 0.415 e. The number of hydrogen-bond donors (Lipinski definition) is 2. The highest BCUT2D eigenvalue weighted by molar-refractivity contribution is 5.79. The lowest BCUT2D eigenvalue weighted by molar-refractivity contribution is -0.0945. The molecule has 0 saturated carbocycles. The Morgan fingerprint density at radius 1 is 1.29 bits per heavy atom. The van der Waals surface area contributed by atoms with Crippen molar-refractivity contribution in [3.05, 3.63) is 94.6 Å². The summed E-state index contributed by atoms with van der Waals surface area (Å²) in [5.74, 6) is -1.42. The molecule has 2 unspecified atom stereocenters. The van der Waals surface area contributed by atoms with E-state index in [1.54, 1.807) is 12.1 Å². The number of benzene rings is 1. The maximum Gasteiger partial charge on any atom is 0.415 e. The maximum atomic E-state index is 14.3. The van der Waals surface area contributed by atoms with Gasteiger partial charge in [0.05, 0.1) is 23.3 Å². The number of nitrogens with zero attached hydrogens (tertiary/aromatic N) is 3. The Bertz CT molecular complexity index is 1260. The average Bonchev–Trinajstić information content (AvgIpc) is 3.21. The van der Waals surface area contributed by atoms with Crippen molar-refractivity contribution in [2.24, 2.45) is 0 Å². The second-order valence-corrected chi connectivity index (χ2v) is 9.42. The van der Waals surface area contributed by atoms with Crippen LogP contribution in [-0.4, -0.2) is 59.4 Å². The third-order valence-electron chi connectivity index (χ3n) is 6.75. The Morgan fingerprint density at radius 2 is 2.11 bits per heavy atom. The Hall–Kier alpha value is -3.68. The summed E-state index contributed by atoms with van der Waals surface area (Å²) in [7, 11) is 0. The van der Waals surface area contributed by atoms with E-state index in [1.807, 2.05) is 35.3 Å². The number of hydrogen-bond acceptors (Lipinski definition) is 4. The zero-order valence-corrected chi connectivity index (χ0v) is 20.6. The second kappa shape index (κ2) is 11.8. The van der Waals surface area contributed by atoms with Gasteiger partial charge in [0, 0.05) is 43.5 Å². The number of alkyl halides is 3. The van der Waals surface area contributed by atoms with E-state index in [1.165, 1.54) is 11.0 Å². The fourth-order valence-corrected chi connectivity index (χ4v) is 4.69. The molecule has 1 aromatic carbocycles. The minimum atomic E-state index is -4.81. The predicted octanol–water partition coefficient (Wildman–Crippen LogP) is 5.19. The molecule has 2 atom stereocenters. The zero-order valence-electron chi connectivity index (χ0n) is 20.6. The van der Waals surface area contributed by atoms with Crippen LogP contribution in [0.5, 0.6) is 0 Å². The Kier molecular flexibility index (Phi) is 8.49. The number of urea groups is 1. The van der Waals surface area contributed by atoms with Gasteiger partial charge in [0.25, 0.3) is 0 Å². The zero-order chi connectivity index (χ0) is 27.3.